The number of hydrogen-bond donors (Lipinski definition) is 2. The van der Waals surface area contributed by atoms with Gasteiger partial charge in [-0.1, -0.05) is 46.4 Å². The Morgan fingerprint density at radius 3 is 1.44 bits per heavy atom. The normalized spacial score (nSPS) is 13.1. The molecule has 0 saturated carbocycles. The minimum Gasteiger partial charge on any atom is -0.383 e. The van der Waals surface area contributed by atoms with Crippen LogP contribution in [0.1, 0.15) is 22.5 Å². The number of nitrogens with two attached hydrogens (primary N) is 2. The van der Waals surface area contributed by atoms with Gasteiger partial charge in [-0.25, -0.2) is 13.6 Å². The lowest BCUT2D eigenvalue weighted by Crippen LogP contribution is -2.18. The molecule has 50 heavy (non-hydrogen) atoms. The highest BCUT2D eigenvalue weighted by atomic mass is 35.5. The average Bonchev–Trinajstić information content (AvgIpc) is 3.40. The molecule has 4 aromatic rings. The van der Waals surface area contributed by atoms with E-state index >= 15 is 0 Å². The van der Waals surface area contributed by atoms with Gasteiger partial charge in [0.15, 0.2) is 16.5 Å². The molecule has 1 atom stereocenters. The van der Waals surface area contributed by atoms with E-state index in [2.05, 4.69) is 10.2 Å². The largest absolute Gasteiger partial charge is 0.476 e. The second-order valence-electron chi connectivity index (χ2n) is 9.13. The topological polar surface area (TPSA) is 129 Å². The summed E-state index contributed by atoms with van der Waals surface area (Å²) in [5.41, 5.74) is -2.79. The molecule has 4 rings (SSSR count). The summed E-state index contributed by atoms with van der Waals surface area (Å²) < 4.78 is 165. The number of benzene rings is 2. The molecule has 0 spiro atoms. The van der Waals surface area contributed by atoms with Gasteiger partial charge in [-0.15, -0.1) is 0 Å². The highest BCUT2D eigenvalue weighted by molar-refractivity contribution is 8.00. The molecule has 0 amide bonds. The van der Waals surface area contributed by atoms with Crippen molar-refractivity contribution in [2.24, 2.45) is 0 Å². The summed E-state index contributed by atoms with van der Waals surface area (Å²) in [5.74, 6) is -1.33. The van der Waals surface area contributed by atoms with Gasteiger partial charge in [0.2, 0.25) is 0 Å². The molecular formula is C24H11Cl4F12N7OS2. The standard InChI is InChI=1S/C12H4Cl2F6N4OS.C12H7Cl2F6N3S/c13-5-1-4(11(15,16)17)2-6(14)8(5)24-10(22)9(7(3-21)23-24)26(25)12(18,19)20;1-4-9(24-12(18,19)20)10(21)23(22-4)8-6(13)2-5(3-7(8)14)11(15,16)17/h1-2H,22H2;2-3H,21H2,1H3. The number of nitriles is 1. The summed E-state index contributed by atoms with van der Waals surface area (Å²) in [6.07, 6.45) is -9.48. The molecule has 1 unspecified atom stereocenters. The van der Waals surface area contributed by atoms with E-state index in [1.807, 2.05) is 0 Å². The number of nitrogen functional groups attached to an aromatic ring is 2. The van der Waals surface area contributed by atoms with Crippen LogP contribution in [0.2, 0.25) is 20.1 Å². The van der Waals surface area contributed by atoms with Crippen LogP contribution in [0.4, 0.5) is 64.3 Å². The number of nitrogens with zero attached hydrogens (tertiary/aromatic N) is 5. The van der Waals surface area contributed by atoms with Crippen molar-refractivity contribution < 1.29 is 56.9 Å². The van der Waals surface area contributed by atoms with Crippen LogP contribution in [0.25, 0.3) is 11.4 Å². The van der Waals surface area contributed by atoms with Crippen molar-refractivity contribution in [3.8, 4) is 17.4 Å². The minimum atomic E-state index is -5.25. The van der Waals surface area contributed by atoms with Crippen molar-refractivity contribution in [3.05, 3.63) is 66.9 Å². The minimum absolute atomic E-state index is 0.0677. The van der Waals surface area contributed by atoms with E-state index < -0.39 is 105 Å². The molecular weight excluding hydrogens is 836 g/mol. The Labute approximate surface area is 297 Å². The molecule has 0 saturated heterocycles. The summed E-state index contributed by atoms with van der Waals surface area (Å²) in [6.45, 7) is 1.27. The molecule has 4 N–H and O–H groups in total. The van der Waals surface area contributed by atoms with E-state index in [-0.39, 0.29) is 16.3 Å². The third-order valence-corrected chi connectivity index (χ3v) is 9.03. The van der Waals surface area contributed by atoms with Gasteiger partial charge in [0.05, 0.1) is 41.8 Å². The van der Waals surface area contributed by atoms with Crippen molar-refractivity contribution in [1.29, 1.82) is 5.26 Å². The molecule has 0 aliphatic carbocycles. The van der Waals surface area contributed by atoms with Gasteiger partial charge in [-0.05, 0) is 43.0 Å². The fourth-order valence-corrected chi connectivity index (χ4v) is 6.44. The first-order valence-electron chi connectivity index (χ1n) is 12.1. The maximum atomic E-state index is 12.7. The van der Waals surface area contributed by atoms with Crippen molar-refractivity contribution >= 4 is 80.6 Å². The first-order valence-corrected chi connectivity index (χ1v) is 15.6. The van der Waals surface area contributed by atoms with Gasteiger partial charge in [0.1, 0.15) is 34.0 Å². The van der Waals surface area contributed by atoms with E-state index in [0.29, 0.717) is 28.9 Å². The smallest absolute Gasteiger partial charge is 0.383 e. The average molecular weight is 847 g/mol. The maximum Gasteiger partial charge on any atom is 0.476 e. The summed E-state index contributed by atoms with van der Waals surface area (Å²) in [7, 11) is -3.71. The Morgan fingerprint density at radius 2 is 1.12 bits per heavy atom. The van der Waals surface area contributed by atoms with Crippen LogP contribution >= 0.6 is 58.2 Å². The van der Waals surface area contributed by atoms with Crippen molar-refractivity contribution in [2.75, 3.05) is 11.5 Å². The van der Waals surface area contributed by atoms with Gasteiger partial charge >= 0.3 is 23.4 Å². The van der Waals surface area contributed by atoms with Crippen LogP contribution in [-0.4, -0.2) is 34.8 Å². The number of anilines is 2. The molecule has 0 bridgehead atoms. The van der Waals surface area contributed by atoms with Gasteiger partial charge in [0, 0.05) is 0 Å². The second kappa shape index (κ2) is 14.4. The third kappa shape index (κ3) is 8.97. The highest BCUT2D eigenvalue weighted by Gasteiger charge is 2.43. The third-order valence-electron chi connectivity index (χ3n) is 5.75. The van der Waals surface area contributed by atoms with Crippen LogP contribution in [0.15, 0.2) is 34.1 Å². The molecule has 0 aliphatic heterocycles. The summed E-state index contributed by atoms with van der Waals surface area (Å²) in [4.78, 5) is -1.53. The van der Waals surface area contributed by atoms with Crippen molar-refractivity contribution in [1.82, 2.24) is 19.6 Å². The van der Waals surface area contributed by atoms with Crippen molar-refractivity contribution in [2.45, 2.75) is 40.1 Å². The molecule has 2 aromatic heterocycles. The zero-order valence-corrected chi connectivity index (χ0v) is 28.1. The number of aromatic nitrogens is 4. The lowest BCUT2D eigenvalue weighted by molar-refractivity contribution is -0.138. The van der Waals surface area contributed by atoms with Crippen LogP contribution in [0, 0.1) is 18.3 Å². The van der Waals surface area contributed by atoms with Gasteiger partial charge in [0.25, 0.3) is 0 Å². The molecule has 272 valence electrons. The fourth-order valence-electron chi connectivity index (χ4n) is 3.77. The number of halogens is 16. The summed E-state index contributed by atoms with van der Waals surface area (Å²) in [5, 5.41) is 13.9. The predicted molar refractivity (Wildman–Crippen MR) is 160 cm³/mol. The number of hydrogen-bond acceptors (Lipinski definition) is 7. The van der Waals surface area contributed by atoms with Gasteiger partial charge in [-0.2, -0.15) is 68.1 Å². The predicted octanol–water partition coefficient (Wildman–Crippen LogP) is 9.98. The Kier molecular flexibility index (Phi) is 11.9. The quantitative estimate of drug-likeness (QED) is 0.155. The number of rotatable bonds is 4. The first-order chi connectivity index (χ1) is 22.6. The van der Waals surface area contributed by atoms with Crippen LogP contribution in [0.5, 0.6) is 0 Å². The number of aryl methyl sites for hydroxylation is 1. The molecule has 26 heteroatoms. The lowest BCUT2D eigenvalue weighted by atomic mass is 10.2. The second-order valence-corrected chi connectivity index (χ2v) is 13.2. The Bertz CT molecular complexity index is 1970. The van der Waals surface area contributed by atoms with Crippen LogP contribution in [0.3, 0.4) is 0 Å². The van der Waals surface area contributed by atoms with E-state index in [9.17, 15) is 56.9 Å². The van der Waals surface area contributed by atoms with Crippen molar-refractivity contribution in [3.63, 3.8) is 0 Å². The molecule has 0 radical (unpaired) electrons. The van der Waals surface area contributed by atoms with Gasteiger partial charge in [-0.3, -0.25) is 0 Å². The maximum absolute atomic E-state index is 12.7. The van der Waals surface area contributed by atoms with E-state index in [1.54, 1.807) is 0 Å². The molecule has 2 heterocycles. The zero-order valence-electron chi connectivity index (χ0n) is 23.5. The molecule has 2 aromatic carbocycles. The van der Waals surface area contributed by atoms with E-state index in [4.69, 9.17) is 63.1 Å². The first kappa shape index (κ1) is 41.2. The summed E-state index contributed by atoms with van der Waals surface area (Å²) in [6, 6.07) is 3.38. The molecule has 0 fully saturated rings. The molecule has 0 aliphatic rings. The lowest BCUT2D eigenvalue weighted by Gasteiger charge is -2.13. The summed E-state index contributed by atoms with van der Waals surface area (Å²) >= 11 is 22.6. The SMILES string of the molecule is Cc1nn(-c2c(Cl)cc(C(F)(F)F)cc2Cl)c(N)c1SC(F)(F)F.N#Cc1nn(-c2c(Cl)cc(C(F)(F)F)cc2Cl)c(N)c1S(=O)C(F)(F)F. The Hall–Kier alpha value is -3.23. The number of thioether (sulfide) groups is 1. The van der Waals surface area contributed by atoms with Crippen LogP contribution < -0.4 is 11.5 Å². The number of alkyl halides is 12. The monoisotopic (exact) mass is 845 g/mol. The van der Waals surface area contributed by atoms with Crippen LogP contribution in [-0.2, 0) is 23.2 Å². The molecule has 8 nitrogen and oxygen atoms in total. The Morgan fingerprint density at radius 1 is 0.740 bits per heavy atom. The zero-order chi connectivity index (χ0) is 38.5. The highest BCUT2D eigenvalue weighted by Crippen LogP contribution is 2.45. The van der Waals surface area contributed by atoms with Gasteiger partial charge < -0.3 is 11.5 Å². The fraction of sp³-hybridized carbons (Fsp3) is 0.208. The Balaban J connectivity index is 0.000000271. The van der Waals surface area contributed by atoms with E-state index in [0.717, 1.165) is 4.68 Å². The van der Waals surface area contributed by atoms with E-state index in [1.165, 1.54) is 13.0 Å².